The van der Waals surface area contributed by atoms with Gasteiger partial charge in [-0.1, -0.05) is 84.9 Å². The SMILES string of the molecule is Cc1ccccc1C(NC(=O)CN(c1ccccc1F)S(=O)(=O)c1ccccc1)c1ccccc1. The summed E-state index contributed by atoms with van der Waals surface area (Å²) in [5.41, 5.74) is 2.51. The lowest BCUT2D eigenvalue weighted by atomic mass is 9.95. The first-order chi connectivity index (χ1) is 16.9. The van der Waals surface area contributed by atoms with Crippen LogP contribution in [-0.2, 0) is 14.8 Å². The first-order valence-corrected chi connectivity index (χ1v) is 12.5. The van der Waals surface area contributed by atoms with Gasteiger partial charge >= 0.3 is 0 Å². The number of carbonyl (C=O) groups excluding carboxylic acids is 1. The van der Waals surface area contributed by atoms with Crippen molar-refractivity contribution in [2.45, 2.75) is 17.9 Å². The van der Waals surface area contributed by atoms with E-state index in [9.17, 15) is 17.6 Å². The molecule has 0 radical (unpaired) electrons. The molecule has 0 aliphatic rings. The Kier molecular flexibility index (Phi) is 7.27. The predicted octanol–water partition coefficient (Wildman–Crippen LogP) is 5.24. The van der Waals surface area contributed by atoms with Crippen LogP contribution in [0.25, 0.3) is 0 Å². The molecule has 0 aromatic heterocycles. The van der Waals surface area contributed by atoms with Crippen molar-refractivity contribution in [3.05, 3.63) is 132 Å². The van der Waals surface area contributed by atoms with E-state index >= 15 is 0 Å². The van der Waals surface area contributed by atoms with Crippen LogP contribution in [0, 0.1) is 12.7 Å². The van der Waals surface area contributed by atoms with Crippen molar-refractivity contribution < 1.29 is 17.6 Å². The smallest absolute Gasteiger partial charge is 0.264 e. The number of sulfonamides is 1. The summed E-state index contributed by atoms with van der Waals surface area (Å²) in [5, 5.41) is 2.97. The zero-order valence-corrected chi connectivity index (χ0v) is 20.0. The Hall–Kier alpha value is -3.97. The second kappa shape index (κ2) is 10.5. The number of carbonyl (C=O) groups is 1. The highest BCUT2D eigenvalue weighted by atomic mass is 32.2. The number of anilines is 1. The molecule has 7 heteroatoms. The van der Waals surface area contributed by atoms with Crippen molar-refractivity contribution in [1.82, 2.24) is 5.32 Å². The number of hydrogen-bond donors (Lipinski definition) is 1. The lowest BCUT2D eigenvalue weighted by Gasteiger charge is -2.27. The molecule has 1 amide bonds. The average molecular weight is 489 g/mol. The van der Waals surface area contributed by atoms with Crippen LogP contribution >= 0.6 is 0 Å². The molecule has 0 saturated heterocycles. The van der Waals surface area contributed by atoms with Crippen molar-refractivity contribution >= 4 is 21.6 Å². The summed E-state index contributed by atoms with van der Waals surface area (Å²) >= 11 is 0. The summed E-state index contributed by atoms with van der Waals surface area (Å²) in [7, 11) is -4.21. The van der Waals surface area contributed by atoms with E-state index in [1.54, 1.807) is 18.2 Å². The van der Waals surface area contributed by atoms with Crippen LogP contribution < -0.4 is 9.62 Å². The van der Waals surface area contributed by atoms with Crippen LogP contribution in [0.3, 0.4) is 0 Å². The molecule has 0 saturated carbocycles. The lowest BCUT2D eigenvalue weighted by molar-refractivity contribution is -0.120. The molecule has 1 unspecified atom stereocenters. The van der Waals surface area contributed by atoms with Gasteiger partial charge in [0.05, 0.1) is 16.6 Å². The molecule has 0 aliphatic heterocycles. The largest absolute Gasteiger partial charge is 0.344 e. The van der Waals surface area contributed by atoms with E-state index in [1.807, 2.05) is 61.5 Å². The van der Waals surface area contributed by atoms with E-state index < -0.39 is 34.3 Å². The average Bonchev–Trinajstić information content (AvgIpc) is 2.88. The third-order valence-electron chi connectivity index (χ3n) is 5.68. The van der Waals surface area contributed by atoms with Gasteiger partial charge in [-0.25, -0.2) is 12.8 Å². The van der Waals surface area contributed by atoms with Crippen molar-refractivity contribution in [3.8, 4) is 0 Å². The Bertz CT molecular complexity index is 1410. The van der Waals surface area contributed by atoms with Gasteiger partial charge in [-0.3, -0.25) is 9.10 Å². The van der Waals surface area contributed by atoms with Crippen molar-refractivity contribution in [2.75, 3.05) is 10.8 Å². The summed E-state index contributed by atoms with van der Waals surface area (Å²) in [6, 6.07) is 29.8. The van der Waals surface area contributed by atoms with Crippen molar-refractivity contribution in [3.63, 3.8) is 0 Å². The summed E-state index contributed by atoms with van der Waals surface area (Å²) in [5.74, 6) is -1.30. The minimum Gasteiger partial charge on any atom is -0.344 e. The van der Waals surface area contributed by atoms with Crippen molar-refractivity contribution in [1.29, 1.82) is 0 Å². The Morgan fingerprint density at radius 3 is 2.06 bits per heavy atom. The number of rotatable bonds is 8. The molecule has 4 aromatic rings. The Morgan fingerprint density at radius 2 is 1.40 bits per heavy atom. The van der Waals surface area contributed by atoms with Crippen LogP contribution in [0.2, 0.25) is 0 Å². The molecule has 0 heterocycles. The molecule has 1 atom stereocenters. The van der Waals surface area contributed by atoms with E-state index in [4.69, 9.17) is 0 Å². The van der Waals surface area contributed by atoms with Gasteiger partial charge in [0.25, 0.3) is 10.0 Å². The van der Waals surface area contributed by atoms with Gasteiger partial charge in [0.15, 0.2) is 0 Å². The quantitative estimate of drug-likeness (QED) is 0.369. The maximum Gasteiger partial charge on any atom is 0.264 e. The van der Waals surface area contributed by atoms with Crippen LogP contribution in [-0.4, -0.2) is 20.9 Å². The molecule has 0 spiro atoms. The van der Waals surface area contributed by atoms with Crippen LogP contribution in [0.4, 0.5) is 10.1 Å². The van der Waals surface area contributed by atoms with Gasteiger partial charge in [0.1, 0.15) is 12.4 Å². The maximum absolute atomic E-state index is 14.7. The summed E-state index contributed by atoms with van der Waals surface area (Å²) in [4.78, 5) is 13.3. The van der Waals surface area contributed by atoms with Gasteiger partial charge in [0, 0.05) is 0 Å². The van der Waals surface area contributed by atoms with Gasteiger partial charge < -0.3 is 5.32 Å². The second-order valence-corrected chi connectivity index (χ2v) is 9.91. The number of amides is 1. The Labute approximate surface area is 204 Å². The van der Waals surface area contributed by atoms with Gasteiger partial charge in [-0.15, -0.1) is 0 Å². The van der Waals surface area contributed by atoms with Crippen LogP contribution in [0.1, 0.15) is 22.7 Å². The van der Waals surface area contributed by atoms with Gasteiger partial charge in [-0.05, 0) is 47.9 Å². The van der Waals surface area contributed by atoms with Gasteiger partial charge in [-0.2, -0.15) is 0 Å². The van der Waals surface area contributed by atoms with Crippen molar-refractivity contribution in [2.24, 2.45) is 0 Å². The number of aryl methyl sites for hydroxylation is 1. The molecule has 35 heavy (non-hydrogen) atoms. The highest BCUT2D eigenvalue weighted by Gasteiger charge is 2.30. The molecule has 5 nitrogen and oxygen atoms in total. The number of nitrogens with one attached hydrogen (secondary N) is 1. The number of nitrogens with zero attached hydrogens (tertiary/aromatic N) is 1. The number of para-hydroxylation sites is 1. The van der Waals surface area contributed by atoms with E-state index in [0.717, 1.165) is 21.0 Å². The molecular weight excluding hydrogens is 463 g/mol. The van der Waals surface area contributed by atoms with E-state index in [0.29, 0.717) is 0 Å². The fraction of sp³-hybridized carbons (Fsp3) is 0.107. The monoisotopic (exact) mass is 488 g/mol. The number of hydrogen-bond acceptors (Lipinski definition) is 3. The molecule has 1 N–H and O–H groups in total. The topological polar surface area (TPSA) is 66.5 Å². The predicted molar refractivity (Wildman–Crippen MR) is 135 cm³/mol. The summed E-state index contributed by atoms with van der Waals surface area (Å²) in [6.07, 6.45) is 0. The third-order valence-corrected chi connectivity index (χ3v) is 7.45. The van der Waals surface area contributed by atoms with E-state index in [1.165, 1.54) is 36.4 Å². The Balaban J connectivity index is 1.71. The fourth-order valence-electron chi connectivity index (χ4n) is 3.91. The first-order valence-electron chi connectivity index (χ1n) is 11.1. The zero-order valence-electron chi connectivity index (χ0n) is 19.1. The highest BCUT2D eigenvalue weighted by Crippen LogP contribution is 2.28. The number of halogens is 1. The molecule has 0 bridgehead atoms. The molecule has 0 fully saturated rings. The second-order valence-electron chi connectivity index (χ2n) is 8.04. The molecule has 4 aromatic carbocycles. The van der Waals surface area contributed by atoms with Gasteiger partial charge in [0.2, 0.25) is 5.91 Å². The molecular formula is C28H25FN2O3S. The number of benzene rings is 4. The van der Waals surface area contributed by atoms with E-state index in [-0.39, 0.29) is 10.6 Å². The van der Waals surface area contributed by atoms with Crippen LogP contribution in [0.15, 0.2) is 114 Å². The normalized spacial score (nSPS) is 12.1. The highest BCUT2D eigenvalue weighted by molar-refractivity contribution is 7.92. The molecule has 0 aliphatic carbocycles. The third kappa shape index (κ3) is 5.41. The van der Waals surface area contributed by atoms with E-state index in [2.05, 4.69) is 5.32 Å². The first kappa shape index (κ1) is 24.2. The lowest BCUT2D eigenvalue weighted by Crippen LogP contribution is -2.42. The standard InChI is InChI=1S/C28H25FN2O3S/c1-21-12-8-9-17-24(21)28(22-13-4-2-5-14-22)30-27(32)20-31(26-19-11-10-18-25(26)29)35(33,34)23-15-6-3-7-16-23/h2-19,28H,20H2,1H3,(H,30,32). The summed E-state index contributed by atoms with van der Waals surface area (Å²) < 4.78 is 42.5. The molecule has 4 rings (SSSR count). The minimum absolute atomic E-state index is 0.0328. The molecule has 178 valence electrons. The van der Waals surface area contributed by atoms with Crippen LogP contribution in [0.5, 0.6) is 0 Å². The zero-order chi connectivity index (χ0) is 24.8. The maximum atomic E-state index is 14.7. The minimum atomic E-state index is -4.21. The Morgan fingerprint density at radius 1 is 0.829 bits per heavy atom. The fourth-order valence-corrected chi connectivity index (χ4v) is 5.36. The summed E-state index contributed by atoms with van der Waals surface area (Å²) in [6.45, 7) is 1.36.